The van der Waals surface area contributed by atoms with Gasteiger partial charge in [-0.25, -0.2) is 9.59 Å². The Hall–Kier alpha value is -2.82. The summed E-state index contributed by atoms with van der Waals surface area (Å²) >= 11 is 1.74. The molecule has 2 rings (SSSR count). The lowest BCUT2D eigenvalue weighted by molar-refractivity contribution is -0.165. The van der Waals surface area contributed by atoms with Gasteiger partial charge in [0.15, 0.2) is 12.2 Å². The molecule has 0 fully saturated rings. The van der Waals surface area contributed by atoms with Crippen molar-refractivity contribution in [2.45, 2.75) is 50.9 Å². The van der Waals surface area contributed by atoms with Crippen molar-refractivity contribution in [2.24, 2.45) is 0 Å². The summed E-state index contributed by atoms with van der Waals surface area (Å²) in [5.41, 5.74) is 1.24. The van der Waals surface area contributed by atoms with Gasteiger partial charge in [-0.15, -0.1) is 11.3 Å². The standard InChI is InChI=1S/C16H20N2OS.C4H6O6/c1-13(12-15-5-3-11-20-15)18-16(19)6-2-4-14-7-9-17-10-8-14;5-1(3(7)8)2(6)4(9)10/h3,5,7-11,13H,2,4,6,12H2,1H3,(H,18,19);1-2,5-6H,(H,7,8)(H,9,10). The number of carboxylic acids is 2. The fourth-order valence-corrected chi connectivity index (χ4v) is 3.24. The van der Waals surface area contributed by atoms with E-state index >= 15 is 0 Å². The number of pyridine rings is 1. The van der Waals surface area contributed by atoms with Crippen molar-refractivity contribution in [3.8, 4) is 0 Å². The van der Waals surface area contributed by atoms with Crippen LogP contribution in [0.2, 0.25) is 0 Å². The number of nitrogens with zero attached hydrogens (tertiary/aromatic N) is 1. The molecule has 0 saturated heterocycles. The summed E-state index contributed by atoms with van der Waals surface area (Å²) < 4.78 is 0. The molecule has 1 amide bonds. The van der Waals surface area contributed by atoms with Gasteiger partial charge in [0.05, 0.1) is 0 Å². The molecule has 0 bridgehead atoms. The van der Waals surface area contributed by atoms with Crippen molar-refractivity contribution in [3.05, 3.63) is 52.5 Å². The maximum atomic E-state index is 11.9. The molecule has 0 aliphatic heterocycles. The Balaban J connectivity index is 0.000000382. The number of aliphatic hydroxyl groups is 2. The van der Waals surface area contributed by atoms with Gasteiger partial charge in [0.25, 0.3) is 0 Å². The molecule has 164 valence electrons. The highest BCUT2D eigenvalue weighted by atomic mass is 32.1. The van der Waals surface area contributed by atoms with Crippen LogP contribution < -0.4 is 5.32 Å². The number of hydrogen-bond donors (Lipinski definition) is 5. The Morgan fingerprint density at radius 2 is 1.67 bits per heavy atom. The van der Waals surface area contributed by atoms with Crippen LogP contribution in [0.3, 0.4) is 0 Å². The van der Waals surface area contributed by atoms with Crippen LogP contribution in [0.4, 0.5) is 0 Å². The number of aromatic nitrogens is 1. The number of hydrogen-bond acceptors (Lipinski definition) is 7. The molecular formula is C20H26N2O7S. The van der Waals surface area contributed by atoms with Gasteiger partial charge in [0.2, 0.25) is 5.91 Å². The lowest BCUT2D eigenvalue weighted by Crippen LogP contribution is -2.39. The molecule has 0 aromatic carbocycles. The summed E-state index contributed by atoms with van der Waals surface area (Å²) in [4.78, 5) is 36.7. The third-order valence-corrected chi connectivity index (χ3v) is 4.82. The monoisotopic (exact) mass is 438 g/mol. The second kappa shape index (κ2) is 13.4. The summed E-state index contributed by atoms with van der Waals surface area (Å²) in [5.74, 6) is -3.40. The molecule has 2 aromatic rings. The fraction of sp³-hybridized carbons (Fsp3) is 0.400. The number of aryl methyl sites for hydroxylation is 1. The molecule has 2 heterocycles. The SMILES string of the molecule is CC(Cc1cccs1)NC(=O)CCCc1ccncc1.O=C(O)C(O)C(O)C(=O)O. The van der Waals surface area contributed by atoms with E-state index in [4.69, 9.17) is 20.4 Å². The van der Waals surface area contributed by atoms with Crippen LogP contribution in [0.25, 0.3) is 0 Å². The Morgan fingerprint density at radius 1 is 1.07 bits per heavy atom. The van der Waals surface area contributed by atoms with E-state index in [0.29, 0.717) is 6.42 Å². The number of carbonyl (C=O) groups is 3. The second-order valence-electron chi connectivity index (χ2n) is 6.53. The van der Waals surface area contributed by atoms with E-state index in [0.717, 1.165) is 19.3 Å². The minimum Gasteiger partial charge on any atom is -0.479 e. The van der Waals surface area contributed by atoms with Gasteiger partial charge in [-0.1, -0.05) is 6.07 Å². The Kier molecular flexibility index (Phi) is 11.3. The van der Waals surface area contributed by atoms with Gasteiger partial charge < -0.3 is 25.7 Å². The van der Waals surface area contributed by atoms with Gasteiger partial charge in [-0.2, -0.15) is 0 Å². The lowest BCUT2D eigenvalue weighted by atomic mass is 10.1. The molecule has 9 nitrogen and oxygen atoms in total. The van der Waals surface area contributed by atoms with E-state index in [9.17, 15) is 14.4 Å². The predicted molar refractivity (Wildman–Crippen MR) is 110 cm³/mol. The van der Waals surface area contributed by atoms with Crippen molar-refractivity contribution in [1.29, 1.82) is 0 Å². The molecule has 5 N–H and O–H groups in total. The van der Waals surface area contributed by atoms with Crippen LogP contribution in [0.1, 0.15) is 30.2 Å². The highest BCUT2D eigenvalue weighted by Crippen LogP contribution is 2.11. The average Bonchev–Trinajstić information content (AvgIpc) is 3.20. The fourth-order valence-electron chi connectivity index (χ4n) is 2.40. The number of amides is 1. The number of aliphatic hydroxyl groups excluding tert-OH is 2. The maximum absolute atomic E-state index is 11.9. The van der Waals surface area contributed by atoms with Gasteiger partial charge in [0, 0.05) is 36.2 Å². The van der Waals surface area contributed by atoms with E-state index in [2.05, 4.69) is 28.7 Å². The molecule has 30 heavy (non-hydrogen) atoms. The third kappa shape index (κ3) is 10.1. The van der Waals surface area contributed by atoms with Crippen LogP contribution in [0.15, 0.2) is 42.0 Å². The first kappa shape index (κ1) is 25.2. The summed E-state index contributed by atoms with van der Waals surface area (Å²) in [7, 11) is 0. The molecule has 3 unspecified atom stereocenters. The summed E-state index contributed by atoms with van der Waals surface area (Å²) in [6.07, 6.45) is 2.34. The van der Waals surface area contributed by atoms with Gasteiger partial charge >= 0.3 is 11.9 Å². The summed E-state index contributed by atoms with van der Waals surface area (Å²) in [6.45, 7) is 2.06. The first-order valence-electron chi connectivity index (χ1n) is 9.23. The molecule has 3 atom stereocenters. The van der Waals surface area contributed by atoms with Crippen molar-refractivity contribution in [3.63, 3.8) is 0 Å². The quantitative estimate of drug-likeness (QED) is 0.369. The van der Waals surface area contributed by atoms with Crippen molar-refractivity contribution in [1.82, 2.24) is 10.3 Å². The number of thiophene rings is 1. The first-order valence-corrected chi connectivity index (χ1v) is 10.1. The van der Waals surface area contributed by atoms with E-state index in [1.165, 1.54) is 10.4 Å². The molecule has 0 radical (unpaired) electrons. The average molecular weight is 439 g/mol. The van der Waals surface area contributed by atoms with Crippen LogP contribution in [-0.4, -0.2) is 61.5 Å². The third-order valence-electron chi connectivity index (χ3n) is 3.92. The highest BCUT2D eigenvalue weighted by molar-refractivity contribution is 7.09. The number of rotatable bonds is 10. The largest absolute Gasteiger partial charge is 0.479 e. The smallest absolute Gasteiger partial charge is 0.335 e. The van der Waals surface area contributed by atoms with Crippen LogP contribution in [0.5, 0.6) is 0 Å². The van der Waals surface area contributed by atoms with Crippen molar-refractivity contribution >= 4 is 29.2 Å². The molecule has 0 aliphatic rings. The van der Waals surface area contributed by atoms with Gasteiger partial charge in [-0.3, -0.25) is 9.78 Å². The van der Waals surface area contributed by atoms with E-state index in [1.54, 1.807) is 23.7 Å². The lowest BCUT2D eigenvalue weighted by Gasteiger charge is -2.12. The number of carboxylic acid groups (broad SMARTS) is 2. The molecule has 0 aliphatic carbocycles. The Labute approximate surface area is 178 Å². The number of carbonyl (C=O) groups excluding carboxylic acids is 1. The maximum Gasteiger partial charge on any atom is 0.335 e. The summed E-state index contributed by atoms with van der Waals surface area (Å²) in [5, 5.41) is 37.7. The van der Waals surface area contributed by atoms with Crippen molar-refractivity contribution < 1.29 is 34.8 Å². The molecule has 0 spiro atoms. The zero-order chi connectivity index (χ0) is 22.5. The molecule has 10 heteroatoms. The van der Waals surface area contributed by atoms with E-state index in [-0.39, 0.29) is 11.9 Å². The van der Waals surface area contributed by atoms with Gasteiger partial charge in [0.1, 0.15) is 0 Å². The highest BCUT2D eigenvalue weighted by Gasteiger charge is 2.29. The predicted octanol–water partition coefficient (Wildman–Crippen LogP) is 1.09. The van der Waals surface area contributed by atoms with Crippen LogP contribution in [0, 0.1) is 0 Å². The normalized spacial score (nSPS) is 13.3. The number of aliphatic carboxylic acids is 2. The van der Waals surface area contributed by atoms with Crippen molar-refractivity contribution in [2.75, 3.05) is 0 Å². The summed E-state index contributed by atoms with van der Waals surface area (Å²) in [6, 6.07) is 8.34. The second-order valence-corrected chi connectivity index (χ2v) is 7.56. The molecular weight excluding hydrogens is 412 g/mol. The zero-order valence-corrected chi connectivity index (χ0v) is 17.3. The number of nitrogens with one attached hydrogen (secondary N) is 1. The van der Waals surface area contributed by atoms with Crippen LogP contribution >= 0.6 is 11.3 Å². The molecule has 0 saturated carbocycles. The minimum atomic E-state index is -2.27. The van der Waals surface area contributed by atoms with E-state index in [1.807, 2.05) is 18.2 Å². The first-order chi connectivity index (χ1) is 14.2. The molecule has 2 aromatic heterocycles. The Morgan fingerprint density at radius 3 is 2.17 bits per heavy atom. The van der Waals surface area contributed by atoms with E-state index < -0.39 is 24.1 Å². The topological polar surface area (TPSA) is 157 Å². The van der Waals surface area contributed by atoms with Gasteiger partial charge in [-0.05, 0) is 48.9 Å². The Bertz CT molecular complexity index is 766. The minimum absolute atomic E-state index is 0.142. The zero-order valence-electron chi connectivity index (χ0n) is 16.5. The van der Waals surface area contributed by atoms with Crippen LogP contribution in [-0.2, 0) is 27.2 Å².